The van der Waals surface area contributed by atoms with E-state index in [4.69, 9.17) is 6.42 Å². The van der Waals surface area contributed by atoms with Crippen LogP contribution in [-0.2, 0) is 16.9 Å². The molecule has 0 atom stereocenters. The van der Waals surface area contributed by atoms with Crippen LogP contribution >= 0.6 is 0 Å². The number of benzene rings is 1. The largest absolute Gasteiger partial charge is 0.509 e. The Bertz CT molecular complexity index is 631. The van der Waals surface area contributed by atoms with E-state index in [2.05, 4.69) is 10.1 Å². The van der Waals surface area contributed by atoms with Gasteiger partial charge in [-0.1, -0.05) is 9.95 Å². The van der Waals surface area contributed by atoms with Crippen LogP contribution in [0.1, 0.15) is 11.1 Å². The van der Waals surface area contributed by atoms with E-state index in [0.29, 0.717) is 6.07 Å². The average molecular weight is 295 g/mol. The second-order valence-electron chi connectivity index (χ2n) is 3.74. The van der Waals surface area contributed by atoms with E-state index in [1.54, 1.807) is 0 Å². The van der Waals surface area contributed by atoms with Crippen LogP contribution in [-0.4, -0.2) is 15.4 Å². The zero-order valence-corrected chi connectivity index (χ0v) is 10.5. The first-order valence-corrected chi connectivity index (χ1v) is 6.26. The molecular formula is C10H8BF4O3S-. The van der Waals surface area contributed by atoms with Gasteiger partial charge >= 0.3 is 17.5 Å². The van der Waals surface area contributed by atoms with Crippen LogP contribution in [0.3, 0.4) is 0 Å². The third kappa shape index (κ3) is 4.17. The molecule has 0 saturated carbocycles. The molecule has 0 aliphatic heterocycles. The van der Waals surface area contributed by atoms with Crippen molar-refractivity contribution < 1.29 is 29.4 Å². The fraction of sp³-hybridized carbons (Fsp3) is 0.200. The van der Waals surface area contributed by atoms with Crippen molar-refractivity contribution in [1.82, 2.24) is 0 Å². The van der Waals surface area contributed by atoms with Crippen molar-refractivity contribution >= 4 is 22.9 Å². The first kappa shape index (κ1) is 15.4. The SMILES string of the molecule is C#CCc1cc([B-](F)(F)F)cc(OS(=O)(=O)F)c1C. The van der Waals surface area contributed by atoms with Gasteiger partial charge in [0.25, 0.3) is 0 Å². The van der Waals surface area contributed by atoms with Gasteiger partial charge in [-0.3, -0.25) is 0 Å². The van der Waals surface area contributed by atoms with Crippen LogP contribution in [0.15, 0.2) is 12.1 Å². The van der Waals surface area contributed by atoms with Gasteiger partial charge in [-0.15, -0.1) is 17.8 Å². The molecule has 0 aliphatic carbocycles. The molecule has 104 valence electrons. The summed E-state index contributed by atoms with van der Waals surface area (Å²) in [5.74, 6) is 1.42. The highest BCUT2D eigenvalue weighted by atomic mass is 32.3. The number of halogens is 4. The molecule has 19 heavy (non-hydrogen) atoms. The minimum Gasteiger partial charge on any atom is -0.445 e. The lowest BCUT2D eigenvalue weighted by Gasteiger charge is -2.19. The smallest absolute Gasteiger partial charge is 0.445 e. The first-order chi connectivity index (χ1) is 8.54. The molecule has 3 nitrogen and oxygen atoms in total. The molecule has 1 aromatic carbocycles. The summed E-state index contributed by atoms with van der Waals surface area (Å²) in [5, 5.41) is 0. The highest BCUT2D eigenvalue weighted by Crippen LogP contribution is 2.25. The Morgan fingerprint density at radius 1 is 1.37 bits per heavy atom. The molecule has 0 spiro atoms. The molecule has 0 heterocycles. The Hall–Kier alpha value is -1.69. The van der Waals surface area contributed by atoms with Crippen LogP contribution in [0.25, 0.3) is 0 Å². The number of rotatable bonds is 4. The Balaban J connectivity index is 3.45. The average Bonchev–Trinajstić information content (AvgIpc) is 2.20. The minimum absolute atomic E-state index is 0.0444. The zero-order chi connectivity index (χ0) is 14.8. The summed E-state index contributed by atoms with van der Waals surface area (Å²) in [4.78, 5) is 0. The topological polar surface area (TPSA) is 43.4 Å². The Kier molecular flexibility index (Phi) is 4.15. The third-order valence-corrected chi connectivity index (χ3v) is 2.73. The number of terminal acetylenes is 1. The minimum atomic E-state index is -5.41. The number of hydrogen-bond acceptors (Lipinski definition) is 3. The molecule has 0 fully saturated rings. The Morgan fingerprint density at radius 3 is 2.37 bits per heavy atom. The maximum atomic E-state index is 12.7. The molecule has 0 N–H and O–H groups in total. The van der Waals surface area contributed by atoms with E-state index >= 15 is 0 Å². The van der Waals surface area contributed by atoms with Gasteiger partial charge < -0.3 is 17.1 Å². The molecule has 0 radical (unpaired) electrons. The van der Waals surface area contributed by atoms with Crippen molar-refractivity contribution in [2.45, 2.75) is 13.3 Å². The molecule has 1 rings (SSSR count). The van der Waals surface area contributed by atoms with E-state index in [1.165, 1.54) is 6.92 Å². The standard InChI is InChI=1S/C10H8BF4O3S/c1-3-4-8-5-9(11(12,13)14)6-10(7(8)2)18-19(15,16)17/h1,5-6H,4H2,2H3/q-1. The van der Waals surface area contributed by atoms with Gasteiger partial charge in [-0.25, -0.2) is 0 Å². The van der Waals surface area contributed by atoms with Crippen LogP contribution in [0, 0.1) is 19.3 Å². The lowest BCUT2D eigenvalue weighted by molar-refractivity contribution is 0.438. The fourth-order valence-electron chi connectivity index (χ4n) is 1.45. The molecule has 0 aromatic heterocycles. The second kappa shape index (κ2) is 5.13. The molecule has 0 aliphatic rings. The summed E-state index contributed by atoms with van der Waals surface area (Å²) in [7, 11) is -5.41. The van der Waals surface area contributed by atoms with E-state index < -0.39 is 28.7 Å². The van der Waals surface area contributed by atoms with Crippen molar-refractivity contribution in [3.63, 3.8) is 0 Å². The predicted molar refractivity (Wildman–Crippen MR) is 63.1 cm³/mol. The molecule has 0 unspecified atom stereocenters. The summed E-state index contributed by atoms with van der Waals surface area (Å²) in [6, 6.07) is 1.24. The van der Waals surface area contributed by atoms with Crippen molar-refractivity contribution in [2.24, 2.45) is 0 Å². The van der Waals surface area contributed by atoms with Gasteiger partial charge in [0.2, 0.25) is 0 Å². The lowest BCUT2D eigenvalue weighted by Crippen LogP contribution is -2.34. The van der Waals surface area contributed by atoms with Gasteiger partial charge in [0.15, 0.2) is 0 Å². The maximum absolute atomic E-state index is 12.7. The maximum Gasteiger partial charge on any atom is 0.509 e. The van der Waals surface area contributed by atoms with Crippen molar-refractivity contribution in [1.29, 1.82) is 0 Å². The van der Waals surface area contributed by atoms with E-state index in [-0.39, 0.29) is 17.5 Å². The summed E-state index contributed by atoms with van der Waals surface area (Å²) >= 11 is 0. The third-order valence-electron chi connectivity index (χ3n) is 2.35. The lowest BCUT2D eigenvalue weighted by atomic mass is 9.78. The van der Waals surface area contributed by atoms with E-state index in [1.807, 2.05) is 0 Å². The van der Waals surface area contributed by atoms with E-state index in [9.17, 15) is 25.3 Å². The first-order valence-electron chi connectivity index (χ1n) is 4.95. The summed E-state index contributed by atoms with van der Waals surface area (Å²) < 4.78 is 75.1. The summed E-state index contributed by atoms with van der Waals surface area (Å²) in [5.41, 5.74) is -1.00. The molecule has 9 heteroatoms. The van der Waals surface area contributed by atoms with Gasteiger partial charge in [-0.2, -0.15) is 8.42 Å². The van der Waals surface area contributed by atoms with Crippen LogP contribution in [0.4, 0.5) is 16.8 Å². The molecule has 0 bridgehead atoms. The molecular weight excluding hydrogens is 287 g/mol. The van der Waals surface area contributed by atoms with E-state index in [0.717, 1.165) is 6.07 Å². The molecule has 0 saturated heterocycles. The van der Waals surface area contributed by atoms with Gasteiger partial charge in [-0.05, 0) is 24.1 Å². The second-order valence-corrected chi connectivity index (χ2v) is 4.69. The quantitative estimate of drug-likeness (QED) is 0.368. The van der Waals surface area contributed by atoms with Crippen LogP contribution in [0.5, 0.6) is 5.75 Å². The van der Waals surface area contributed by atoms with Crippen molar-refractivity contribution in [3.8, 4) is 18.1 Å². The highest BCUT2D eigenvalue weighted by Gasteiger charge is 2.28. The molecule has 1 aromatic rings. The van der Waals surface area contributed by atoms with Gasteiger partial charge in [0.05, 0.1) is 0 Å². The normalized spacial score (nSPS) is 12.0. The van der Waals surface area contributed by atoms with Gasteiger partial charge in [0, 0.05) is 6.42 Å². The summed E-state index contributed by atoms with van der Waals surface area (Å²) in [6.45, 7) is -4.09. The highest BCUT2D eigenvalue weighted by molar-refractivity contribution is 7.81. The fourth-order valence-corrected chi connectivity index (χ4v) is 1.83. The summed E-state index contributed by atoms with van der Waals surface area (Å²) in [6.07, 6.45) is 4.85. The van der Waals surface area contributed by atoms with Crippen LogP contribution in [0.2, 0.25) is 0 Å². The predicted octanol–water partition coefficient (Wildman–Crippen LogP) is 1.82. The van der Waals surface area contributed by atoms with Crippen LogP contribution < -0.4 is 9.65 Å². The number of hydrogen-bond donors (Lipinski definition) is 0. The zero-order valence-electron chi connectivity index (χ0n) is 9.66. The van der Waals surface area contributed by atoms with Gasteiger partial charge in [0.1, 0.15) is 5.75 Å². The molecule has 0 amide bonds. The Labute approximate surface area is 108 Å². The van der Waals surface area contributed by atoms with Crippen molar-refractivity contribution in [2.75, 3.05) is 0 Å². The monoisotopic (exact) mass is 295 g/mol. The van der Waals surface area contributed by atoms with Crippen molar-refractivity contribution in [3.05, 3.63) is 23.3 Å². The Morgan fingerprint density at radius 2 is 1.95 bits per heavy atom.